The number of fused-ring (bicyclic) bond motifs is 5. The molecule has 3 aromatic carbocycles. The van der Waals surface area contributed by atoms with Gasteiger partial charge in [0, 0.05) is 5.41 Å². The molecule has 1 unspecified atom stereocenters. The molecule has 43 heavy (non-hydrogen) atoms. The van der Waals surface area contributed by atoms with Gasteiger partial charge in [0.25, 0.3) is 0 Å². The average Bonchev–Trinajstić information content (AvgIpc) is 3.61. The largest absolute Gasteiger partial charge is 0.358 e. The molecule has 0 aromatic heterocycles. The van der Waals surface area contributed by atoms with Crippen LogP contribution in [0.5, 0.6) is 0 Å². The SMILES string of the molecule is CC1=CC(C)[C-]=C1.CC1=[C-]C(C)(C)c2cc3c(cc21)-c1cc2c(cc1C3)C(C)(C)C=C2C.Cl.Cl.[CH2]=[Zr].[CH3-].[c-]1ccccc1. The third kappa shape index (κ3) is 8.36. The van der Waals surface area contributed by atoms with Crippen molar-refractivity contribution in [2.75, 3.05) is 0 Å². The van der Waals surface area contributed by atoms with Crippen LogP contribution in [-0.2, 0) is 41.5 Å². The van der Waals surface area contributed by atoms with Crippen molar-refractivity contribution in [3.05, 3.63) is 137 Å². The number of hydrogen-bond donors (Lipinski definition) is 0. The molecule has 3 heteroatoms. The molecule has 0 amide bonds. The number of hydrogen-bond acceptors (Lipinski definition) is 0. The summed E-state index contributed by atoms with van der Waals surface area (Å²) < 4.78 is 3.34. The molecule has 0 aliphatic heterocycles. The second-order valence-electron chi connectivity index (χ2n) is 12.3. The molecule has 0 spiro atoms. The van der Waals surface area contributed by atoms with Crippen molar-refractivity contribution in [3.63, 3.8) is 0 Å². The first-order chi connectivity index (χ1) is 19.0. The fourth-order valence-electron chi connectivity index (χ4n) is 6.37. The zero-order valence-corrected chi connectivity index (χ0v) is 31.3. The summed E-state index contributed by atoms with van der Waals surface area (Å²) in [5.41, 5.74) is 15.9. The van der Waals surface area contributed by atoms with Gasteiger partial charge < -0.3 is 7.43 Å². The van der Waals surface area contributed by atoms with E-state index in [4.69, 9.17) is 0 Å². The Morgan fingerprint density at radius 1 is 0.791 bits per heavy atom. The predicted molar refractivity (Wildman–Crippen MR) is 191 cm³/mol. The fourth-order valence-corrected chi connectivity index (χ4v) is 6.37. The Kier molecular flexibility index (Phi) is 14.3. The summed E-state index contributed by atoms with van der Waals surface area (Å²) in [4.78, 5) is 0. The van der Waals surface area contributed by atoms with Crippen molar-refractivity contribution in [2.45, 2.75) is 72.6 Å². The van der Waals surface area contributed by atoms with Gasteiger partial charge in [-0.1, -0.05) is 71.1 Å². The molecule has 0 heterocycles. The van der Waals surface area contributed by atoms with Gasteiger partial charge in [-0.2, -0.15) is 48.0 Å². The van der Waals surface area contributed by atoms with Crippen molar-refractivity contribution in [1.29, 1.82) is 0 Å². The molecule has 0 nitrogen and oxygen atoms in total. The fraction of sp³-hybridized carbons (Fsp3) is 0.300. The number of rotatable bonds is 0. The van der Waals surface area contributed by atoms with E-state index in [1.54, 1.807) is 0 Å². The monoisotopic (exact) mass is 686 g/mol. The Balaban J connectivity index is 0.000000428. The van der Waals surface area contributed by atoms with Crippen LogP contribution < -0.4 is 0 Å². The Hall–Kier alpha value is -2.05. The third-order valence-corrected chi connectivity index (χ3v) is 8.13. The van der Waals surface area contributed by atoms with E-state index in [0.717, 1.165) is 6.42 Å². The maximum absolute atomic E-state index is 3.65. The third-order valence-electron chi connectivity index (χ3n) is 8.13. The van der Waals surface area contributed by atoms with Crippen LogP contribution in [0.15, 0.2) is 78.4 Å². The van der Waals surface area contributed by atoms with Gasteiger partial charge in [-0.3, -0.25) is 12.2 Å². The van der Waals surface area contributed by atoms with Gasteiger partial charge in [-0.05, 0) is 58.4 Å². The van der Waals surface area contributed by atoms with E-state index >= 15 is 0 Å². The van der Waals surface area contributed by atoms with Crippen molar-refractivity contribution < 1.29 is 24.2 Å². The van der Waals surface area contributed by atoms with Gasteiger partial charge in [0.2, 0.25) is 0 Å². The standard InChI is InChI=1S/C25H25.C7H9.C6H5.CH3.CH2.2ClH.Zr/c1-14-12-24(3,4)22-8-16-7-17-9-23-19(15(2)13-25(23,5)6)11-21(17)20(16)10-18(14)22;1-6-3-4-7(2)5-6;1-2-4-6-5-3-1;;;;;/h8-12H,7H2,1-6H3;3,5,7H,1-2H3;1-5H;1H3;1H2;2*1H;/q4*-1;;;;. The molecule has 3 aromatic rings. The molecule has 0 N–H and O–H groups in total. The van der Waals surface area contributed by atoms with Crippen molar-refractivity contribution in [1.82, 2.24) is 0 Å². The van der Waals surface area contributed by atoms with Crippen LogP contribution in [0.2, 0.25) is 0 Å². The van der Waals surface area contributed by atoms with Crippen molar-refractivity contribution >= 4 is 40.2 Å². The molecule has 228 valence electrons. The summed E-state index contributed by atoms with van der Waals surface area (Å²) >= 11 is 1.30. The van der Waals surface area contributed by atoms with Crippen LogP contribution in [0.3, 0.4) is 0 Å². The first kappa shape index (κ1) is 39.0. The Morgan fingerprint density at radius 3 is 1.79 bits per heavy atom. The number of halogens is 2. The molecule has 0 radical (unpaired) electrons. The Bertz CT molecular complexity index is 1420. The summed E-state index contributed by atoms with van der Waals surface area (Å²) in [6.45, 7) is 17.9. The van der Waals surface area contributed by atoms with Crippen LogP contribution in [0.4, 0.5) is 0 Å². The summed E-state index contributed by atoms with van der Waals surface area (Å²) in [7, 11) is 0. The van der Waals surface area contributed by atoms with E-state index in [-0.39, 0.29) is 43.1 Å². The minimum absolute atomic E-state index is 0. The van der Waals surface area contributed by atoms with Crippen LogP contribution in [0.25, 0.3) is 22.3 Å². The van der Waals surface area contributed by atoms with Crippen LogP contribution in [0, 0.1) is 31.6 Å². The van der Waals surface area contributed by atoms with Gasteiger partial charge in [0.05, 0.1) is 0 Å². The average molecular weight is 689 g/mol. The van der Waals surface area contributed by atoms with Crippen LogP contribution >= 0.6 is 24.8 Å². The molecule has 7 rings (SSSR count). The summed E-state index contributed by atoms with van der Waals surface area (Å²) in [6.07, 6.45) is 14.5. The zero-order chi connectivity index (χ0) is 29.2. The Labute approximate surface area is 289 Å². The second kappa shape index (κ2) is 15.8. The van der Waals surface area contributed by atoms with Crippen molar-refractivity contribution in [2.24, 2.45) is 5.92 Å². The minimum atomic E-state index is 0. The molecule has 0 saturated carbocycles. The summed E-state index contributed by atoms with van der Waals surface area (Å²) in [6, 6.07) is 22.3. The van der Waals surface area contributed by atoms with Crippen LogP contribution in [-0.4, -0.2) is 4.21 Å². The first-order valence-corrected chi connectivity index (χ1v) is 15.9. The maximum Gasteiger partial charge on any atom is -0.171 e. The minimum Gasteiger partial charge on any atom is -0.358 e. The van der Waals surface area contributed by atoms with Gasteiger partial charge in [-0.15, -0.1) is 43.4 Å². The van der Waals surface area contributed by atoms with E-state index in [1.807, 2.05) is 36.4 Å². The normalized spacial score (nSPS) is 17.7. The van der Waals surface area contributed by atoms with Gasteiger partial charge in [-0.25, -0.2) is 17.2 Å². The van der Waals surface area contributed by atoms with Gasteiger partial charge in [0.1, 0.15) is 0 Å². The predicted octanol–water partition coefficient (Wildman–Crippen LogP) is 11.1. The van der Waals surface area contributed by atoms with E-state index in [0.29, 0.717) is 5.92 Å². The molecule has 1 atom stereocenters. The zero-order valence-electron chi connectivity index (χ0n) is 27.2. The molecule has 4 aliphatic carbocycles. The molecule has 0 fully saturated rings. The summed E-state index contributed by atoms with van der Waals surface area (Å²) in [5, 5.41) is 0. The smallest absolute Gasteiger partial charge is 0.171 e. The van der Waals surface area contributed by atoms with Gasteiger partial charge in [0.15, 0.2) is 0 Å². The molecular formula is C40H46Cl2Zr-4. The van der Waals surface area contributed by atoms with Crippen LogP contribution in [0.1, 0.15) is 88.8 Å². The maximum atomic E-state index is 3.65. The molecule has 0 saturated heterocycles. The van der Waals surface area contributed by atoms with Crippen molar-refractivity contribution in [3.8, 4) is 11.1 Å². The molecule has 0 bridgehead atoms. The Morgan fingerprint density at radius 2 is 1.35 bits per heavy atom. The topological polar surface area (TPSA) is 0 Å². The quantitative estimate of drug-likeness (QED) is 0.161. The van der Waals surface area contributed by atoms with Gasteiger partial charge >= 0.3 is 28.4 Å². The van der Waals surface area contributed by atoms with E-state index in [9.17, 15) is 0 Å². The summed E-state index contributed by atoms with van der Waals surface area (Å²) in [5.74, 6) is 0.556. The molecule has 4 aliphatic rings. The van der Waals surface area contributed by atoms with E-state index < -0.39 is 0 Å². The number of benzene rings is 3. The second-order valence-corrected chi connectivity index (χ2v) is 12.3. The van der Waals surface area contributed by atoms with E-state index in [2.05, 4.69) is 114 Å². The van der Waals surface area contributed by atoms with E-state index in [1.165, 1.54) is 85.5 Å². The number of allylic oxidation sites excluding steroid dienone is 8. The first-order valence-electron chi connectivity index (χ1n) is 14.2. The molecular weight excluding hydrogens is 643 g/mol.